The van der Waals surface area contributed by atoms with Gasteiger partial charge in [-0.25, -0.2) is 0 Å². The molecule has 2 aromatic carbocycles. The Morgan fingerprint density at radius 3 is 2.00 bits per heavy atom. The van der Waals surface area contributed by atoms with Gasteiger partial charge in [-0.05, 0) is 55.0 Å². The molecular formula is C33H29F6N5O4. The molecular weight excluding hydrogens is 644 g/mol. The Balaban J connectivity index is 1.13. The van der Waals surface area contributed by atoms with E-state index in [1.54, 1.807) is 46.2 Å². The molecule has 7 rings (SSSR count). The van der Waals surface area contributed by atoms with Crippen LogP contribution < -0.4 is 0 Å². The first-order chi connectivity index (χ1) is 22.6. The molecule has 48 heavy (non-hydrogen) atoms. The minimum atomic E-state index is -5.03. The van der Waals surface area contributed by atoms with E-state index in [9.17, 15) is 45.5 Å². The molecule has 0 atom stereocenters. The number of carbonyl (C=O) groups excluding carboxylic acids is 4. The van der Waals surface area contributed by atoms with Crippen molar-refractivity contribution in [3.8, 4) is 11.1 Å². The van der Waals surface area contributed by atoms with Gasteiger partial charge in [-0.2, -0.15) is 26.3 Å². The maximum atomic E-state index is 14.0. The summed E-state index contributed by atoms with van der Waals surface area (Å²) in [6, 6.07) is 13.1. The van der Waals surface area contributed by atoms with Crippen molar-refractivity contribution < 1.29 is 45.5 Å². The van der Waals surface area contributed by atoms with Crippen molar-refractivity contribution in [2.45, 2.75) is 43.6 Å². The van der Waals surface area contributed by atoms with Crippen LogP contribution in [-0.2, 0) is 14.4 Å². The van der Waals surface area contributed by atoms with Gasteiger partial charge in [0.25, 0.3) is 5.91 Å². The van der Waals surface area contributed by atoms with E-state index in [-0.39, 0.29) is 61.6 Å². The number of benzene rings is 2. The molecule has 1 aromatic heterocycles. The number of hydrogen-bond acceptors (Lipinski definition) is 5. The Bertz CT molecular complexity index is 1850. The van der Waals surface area contributed by atoms with Gasteiger partial charge in [-0.1, -0.05) is 30.3 Å². The molecule has 0 N–H and O–H groups in total. The van der Waals surface area contributed by atoms with Crippen LogP contribution in [0.1, 0.15) is 36.0 Å². The van der Waals surface area contributed by atoms with E-state index in [0.717, 1.165) is 19.0 Å². The normalized spacial score (nSPS) is 20.0. The van der Waals surface area contributed by atoms with Crippen molar-refractivity contribution >= 4 is 40.4 Å². The highest BCUT2D eigenvalue weighted by Gasteiger charge is 2.53. The van der Waals surface area contributed by atoms with E-state index in [4.69, 9.17) is 4.99 Å². The lowest BCUT2D eigenvalue weighted by atomic mass is 9.87. The number of rotatable bonds is 5. The number of piperidine rings is 1. The van der Waals surface area contributed by atoms with Crippen molar-refractivity contribution in [2.75, 3.05) is 32.7 Å². The number of aliphatic imine (C=N–C) groups is 1. The minimum absolute atomic E-state index is 0.00793. The van der Waals surface area contributed by atoms with E-state index < -0.39 is 29.7 Å². The monoisotopic (exact) mass is 673 g/mol. The van der Waals surface area contributed by atoms with Crippen LogP contribution in [-0.4, -0.2) is 99.3 Å². The molecule has 3 fully saturated rings. The third-order valence-electron chi connectivity index (χ3n) is 9.60. The predicted molar refractivity (Wildman–Crippen MR) is 160 cm³/mol. The first kappa shape index (κ1) is 31.9. The first-order valence-electron chi connectivity index (χ1n) is 15.5. The fourth-order valence-corrected chi connectivity index (χ4v) is 6.79. The van der Waals surface area contributed by atoms with E-state index >= 15 is 0 Å². The van der Waals surface area contributed by atoms with Crippen LogP contribution in [0.5, 0.6) is 0 Å². The molecule has 9 nitrogen and oxygen atoms in total. The average Bonchev–Trinajstić information content (AvgIpc) is 3.75. The molecule has 2 saturated heterocycles. The summed E-state index contributed by atoms with van der Waals surface area (Å²) in [7, 11) is 0. The van der Waals surface area contributed by atoms with Gasteiger partial charge in [-0.15, -0.1) is 0 Å². The first-order valence-corrected chi connectivity index (χ1v) is 15.5. The van der Waals surface area contributed by atoms with Gasteiger partial charge in [0.2, 0.25) is 5.91 Å². The van der Waals surface area contributed by atoms with Crippen LogP contribution in [0.25, 0.3) is 22.0 Å². The minimum Gasteiger partial charge on any atom is -0.342 e. The van der Waals surface area contributed by atoms with Crippen LogP contribution in [0.15, 0.2) is 59.7 Å². The lowest BCUT2D eigenvalue weighted by Gasteiger charge is -2.42. The molecule has 4 heterocycles. The Kier molecular flexibility index (Phi) is 7.44. The van der Waals surface area contributed by atoms with Crippen LogP contribution in [0, 0.1) is 11.8 Å². The number of likely N-dealkylation sites (tertiary alicyclic amines) is 2. The summed E-state index contributed by atoms with van der Waals surface area (Å²) in [6.07, 6.45) is -7.35. The zero-order valence-corrected chi connectivity index (χ0v) is 25.4. The molecule has 4 aliphatic rings. The summed E-state index contributed by atoms with van der Waals surface area (Å²) >= 11 is 0. The van der Waals surface area contributed by atoms with E-state index in [0.29, 0.717) is 50.5 Å². The Labute approximate surface area is 269 Å². The van der Waals surface area contributed by atoms with Gasteiger partial charge in [0, 0.05) is 61.7 Å². The zero-order chi connectivity index (χ0) is 34.2. The third-order valence-corrected chi connectivity index (χ3v) is 9.60. The van der Waals surface area contributed by atoms with Gasteiger partial charge < -0.3 is 9.80 Å². The number of amidine groups is 1. The summed E-state index contributed by atoms with van der Waals surface area (Å²) in [5.41, 5.74) is 0.727. The maximum absolute atomic E-state index is 14.0. The highest BCUT2D eigenvalue weighted by molar-refractivity contribution is 6.15. The Hall–Kier alpha value is -4.69. The molecule has 1 aliphatic carbocycles. The number of amides is 3. The number of hydrogen-bond donors (Lipinski definition) is 0. The van der Waals surface area contributed by atoms with Crippen LogP contribution in [0.4, 0.5) is 26.3 Å². The van der Waals surface area contributed by atoms with Gasteiger partial charge >= 0.3 is 24.2 Å². The molecule has 1 spiro atoms. The smallest absolute Gasteiger partial charge is 0.342 e. The summed E-state index contributed by atoms with van der Waals surface area (Å²) in [5, 5.41) is 0.429. The molecule has 3 amide bonds. The van der Waals surface area contributed by atoms with Gasteiger partial charge in [-0.3, -0.25) is 33.6 Å². The Morgan fingerprint density at radius 1 is 0.792 bits per heavy atom. The molecule has 252 valence electrons. The largest absolute Gasteiger partial charge is 0.472 e. The van der Waals surface area contributed by atoms with Crippen LogP contribution in [0.2, 0.25) is 0 Å². The number of fused-ring (bicyclic) bond motifs is 1. The Morgan fingerprint density at radius 2 is 1.40 bits per heavy atom. The van der Waals surface area contributed by atoms with Crippen molar-refractivity contribution in [3.05, 3.63) is 60.3 Å². The predicted octanol–water partition coefficient (Wildman–Crippen LogP) is 4.89. The van der Waals surface area contributed by atoms with Gasteiger partial charge in [0.15, 0.2) is 0 Å². The molecule has 3 aliphatic heterocycles. The fraction of sp³-hybridized carbons (Fsp3) is 0.424. The lowest BCUT2D eigenvalue weighted by molar-refractivity contribution is -0.187. The quantitative estimate of drug-likeness (QED) is 0.361. The molecule has 3 aromatic rings. The van der Waals surface area contributed by atoms with E-state index in [2.05, 4.69) is 0 Å². The average molecular weight is 674 g/mol. The van der Waals surface area contributed by atoms with Gasteiger partial charge in [0.1, 0.15) is 11.4 Å². The second-order valence-corrected chi connectivity index (χ2v) is 12.9. The third kappa shape index (κ3) is 5.62. The van der Waals surface area contributed by atoms with E-state index in [1.165, 1.54) is 12.1 Å². The number of halogens is 6. The molecule has 1 saturated carbocycles. The second-order valence-electron chi connectivity index (χ2n) is 12.9. The molecule has 0 radical (unpaired) electrons. The lowest BCUT2D eigenvalue weighted by Crippen LogP contribution is -2.57. The highest BCUT2D eigenvalue weighted by atomic mass is 19.4. The number of carbonyl (C=O) groups is 4. The second kappa shape index (κ2) is 11.2. The van der Waals surface area contributed by atoms with Crippen molar-refractivity contribution in [2.24, 2.45) is 16.8 Å². The summed E-state index contributed by atoms with van der Waals surface area (Å²) in [6.45, 7) is 0.695. The van der Waals surface area contributed by atoms with Crippen LogP contribution >= 0.6 is 0 Å². The molecule has 0 unspecified atom stereocenters. The SMILES string of the molecule is O=C(C1CC1)N1CC(CN2C(=O)C3(CCN(C(=O)C(F)(F)F)CC3)N=C2c2ccc(-c3ccc4c(ccn4C(=O)C(F)(F)F)c3)cc2)C1. The zero-order valence-electron chi connectivity index (χ0n) is 25.4. The number of alkyl halides is 6. The fourth-order valence-electron chi connectivity index (χ4n) is 6.79. The van der Waals surface area contributed by atoms with Crippen molar-refractivity contribution in [3.63, 3.8) is 0 Å². The summed E-state index contributed by atoms with van der Waals surface area (Å²) in [4.78, 5) is 58.9. The maximum Gasteiger partial charge on any atom is 0.472 e. The summed E-state index contributed by atoms with van der Waals surface area (Å²) < 4.78 is 78.8. The highest BCUT2D eigenvalue weighted by Crippen LogP contribution is 2.39. The number of aromatic nitrogens is 1. The van der Waals surface area contributed by atoms with Crippen molar-refractivity contribution in [1.82, 2.24) is 19.3 Å². The van der Waals surface area contributed by atoms with Gasteiger partial charge in [0.05, 0.1) is 5.52 Å². The standard InChI is InChI=1S/C33H29F6N5O4/c34-32(35,36)29(47)41-13-10-31(11-14-41)28(46)44(18-19-16-42(17-19)27(45)22-5-6-22)26(40-31)21-3-1-20(2-4-21)23-7-8-25-24(15-23)9-12-43(25)30(48)33(37,38)39/h1-4,7-9,12,15,19,22H,5-6,10-11,13-14,16-18H2. The molecule has 15 heteroatoms. The van der Waals surface area contributed by atoms with Crippen LogP contribution in [0.3, 0.4) is 0 Å². The van der Waals surface area contributed by atoms with Crippen molar-refractivity contribution in [1.29, 1.82) is 0 Å². The number of nitrogens with zero attached hydrogens (tertiary/aromatic N) is 5. The summed E-state index contributed by atoms with van der Waals surface area (Å²) in [5.74, 6) is -3.76. The molecule has 0 bridgehead atoms. The topological polar surface area (TPSA) is 95.3 Å². The van der Waals surface area contributed by atoms with E-state index in [1.807, 2.05) is 0 Å².